The van der Waals surface area contributed by atoms with Crippen LogP contribution in [0.1, 0.15) is 31.2 Å². The largest absolute Gasteiger partial charge is 0.358 e. The van der Waals surface area contributed by atoms with E-state index in [4.69, 9.17) is 0 Å². The average Bonchev–Trinajstić information content (AvgIpc) is 2.29. The fourth-order valence-corrected chi connectivity index (χ4v) is 2.02. The van der Waals surface area contributed by atoms with Gasteiger partial charge in [0.2, 0.25) is 5.91 Å². The van der Waals surface area contributed by atoms with Gasteiger partial charge in [0.25, 0.3) is 0 Å². The number of rotatable bonds is 5. The molecule has 0 aliphatic carbocycles. The zero-order valence-corrected chi connectivity index (χ0v) is 10.8. The molecule has 1 heterocycles. The Balaban J connectivity index is 2.48. The molecular formula is C12H18N2OS. The normalized spacial score (nSPS) is 10.5. The average molecular weight is 238 g/mol. The summed E-state index contributed by atoms with van der Waals surface area (Å²) in [5, 5.41) is 2.60. The lowest BCUT2D eigenvalue weighted by atomic mass is 10.1. The first kappa shape index (κ1) is 13.0. The van der Waals surface area contributed by atoms with Crippen LogP contribution in [-0.4, -0.2) is 23.7 Å². The molecule has 0 aliphatic heterocycles. The van der Waals surface area contributed by atoms with E-state index in [2.05, 4.69) is 24.1 Å². The van der Waals surface area contributed by atoms with Crippen LogP contribution in [0.25, 0.3) is 0 Å². The van der Waals surface area contributed by atoms with Gasteiger partial charge in [0.05, 0.1) is 11.4 Å². The zero-order valence-electron chi connectivity index (χ0n) is 9.99. The molecule has 0 aromatic carbocycles. The molecule has 0 radical (unpaired) electrons. The number of carbonyl (C=O) groups is 1. The zero-order chi connectivity index (χ0) is 12.0. The van der Waals surface area contributed by atoms with Crippen LogP contribution in [0.2, 0.25) is 0 Å². The van der Waals surface area contributed by atoms with E-state index in [-0.39, 0.29) is 5.91 Å². The molecule has 0 unspecified atom stereocenters. The van der Waals surface area contributed by atoms with Gasteiger partial charge >= 0.3 is 0 Å². The van der Waals surface area contributed by atoms with Crippen molar-refractivity contribution in [1.29, 1.82) is 0 Å². The van der Waals surface area contributed by atoms with Gasteiger partial charge in [0.15, 0.2) is 0 Å². The fraction of sp³-hybridized carbons (Fsp3) is 0.500. The number of thioether (sulfide) groups is 1. The highest BCUT2D eigenvalue weighted by Gasteiger charge is 2.03. The molecule has 0 fully saturated rings. The maximum atomic E-state index is 11.0. The molecule has 0 bridgehead atoms. The molecule has 0 aliphatic rings. The topological polar surface area (TPSA) is 42.0 Å². The monoisotopic (exact) mass is 238 g/mol. The Morgan fingerprint density at radius 2 is 2.25 bits per heavy atom. The quantitative estimate of drug-likeness (QED) is 0.855. The van der Waals surface area contributed by atoms with E-state index < -0.39 is 0 Å². The number of aromatic nitrogens is 1. The van der Waals surface area contributed by atoms with E-state index in [1.165, 1.54) is 0 Å². The van der Waals surface area contributed by atoms with Gasteiger partial charge in [-0.15, -0.1) is 11.8 Å². The van der Waals surface area contributed by atoms with Crippen molar-refractivity contribution in [3.63, 3.8) is 0 Å². The second-order valence-corrected chi connectivity index (χ2v) is 4.86. The Bertz CT molecular complexity index is 353. The first-order valence-corrected chi connectivity index (χ1v) is 6.53. The lowest BCUT2D eigenvalue weighted by Crippen LogP contribution is -2.19. The molecule has 1 rings (SSSR count). The third-order valence-electron chi connectivity index (χ3n) is 2.18. The Hall–Kier alpha value is -1.03. The van der Waals surface area contributed by atoms with Crippen LogP contribution in [0.3, 0.4) is 0 Å². The molecule has 0 saturated carbocycles. The molecule has 0 spiro atoms. The Kier molecular flexibility index (Phi) is 5.32. The molecule has 1 N–H and O–H groups in total. The highest BCUT2D eigenvalue weighted by Crippen LogP contribution is 2.15. The van der Waals surface area contributed by atoms with Gasteiger partial charge in [-0.05, 0) is 18.1 Å². The van der Waals surface area contributed by atoms with Gasteiger partial charge in [-0.3, -0.25) is 9.78 Å². The van der Waals surface area contributed by atoms with Crippen molar-refractivity contribution in [1.82, 2.24) is 10.3 Å². The van der Waals surface area contributed by atoms with Crippen LogP contribution in [0.15, 0.2) is 18.2 Å². The second-order valence-electron chi connectivity index (χ2n) is 3.87. The van der Waals surface area contributed by atoms with Crippen LogP contribution in [0.5, 0.6) is 0 Å². The smallest absolute Gasteiger partial charge is 0.229 e. The summed E-state index contributed by atoms with van der Waals surface area (Å²) in [6.07, 6.45) is 0. The van der Waals surface area contributed by atoms with Crippen LogP contribution in [0, 0.1) is 0 Å². The van der Waals surface area contributed by atoms with Crippen LogP contribution in [0.4, 0.5) is 0 Å². The van der Waals surface area contributed by atoms with E-state index in [9.17, 15) is 4.79 Å². The van der Waals surface area contributed by atoms with Crippen molar-refractivity contribution < 1.29 is 4.79 Å². The highest BCUT2D eigenvalue weighted by atomic mass is 32.2. The van der Waals surface area contributed by atoms with Gasteiger partial charge in [-0.1, -0.05) is 19.9 Å². The van der Waals surface area contributed by atoms with Crippen molar-refractivity contribution >= 4 is 17.7 Å². The van der Waals surface area contributed by atoms with Crippen molar-refractivity contribution in [3.05, 3.63) is 29.6 Å². The Morgan fingerprint density at radius 3 is 2.88 bits per heavy atom. The minimum absolute atomic E-state index is 0.0602. The summed E-state index contributed by atoms with van der Waals surface area (Å²) >= 11 is 1.58. The maximum Gasteiger partial charge on any atom is 0.229 e. The fourth-order valence-electron chi connectivity index (χ4n) is 1.22. The Labute approximate surface area is 101 Å². The second kappa shape index (κ2) is 6.53. The van der Waals surface area contributed by atoms with E-state index >= 15 is 0 Å². The number of amides is 1. The van der Waals surface area contributed by atoms with Crippen molar-refractivity contribution in [2.24, 2.45) is 0 Å². The lowest BCUT2D eigenvalue weighted by Gasteiger charge is -2.06. The van der Waals surface area contributed by atoms with E-state index in [0.29, 0.717) is 11.7 Å². The van der Waals surface area contributed by atoms with Gasteiger partial charge < -0.3 is 5.32 Å². The van der Waals surface area contributed by atoms with E-state index in [1.54, 1.807) is 18.8 Å². The molecule has 0 saturated heterocycles. The van der Waals surface area contributed by atoms with E-state index in [0.717, 1.165) is 17.1 Å². The summed E-state index contributed by atoms with van der Waals surface area (Å²) in [5.41, 5.74) is 2.15. The van der Waals surface area contributed by atoms with Crippen LogP contribution < -0.4 is 5.32 Å². The number of hydrogen-bond donors (Lipinski definition) is 1. The van der Waals surface area contributed by atoms with Gasteiger partial charge in [0.1, 0.15) is 0 Å². The van der Waals surface area contributed by atoms with Crippen LogP contribution in [-0.2, 0) is 10.5 Å². The predicted molar refractivity (Wildman–Crippen MR) is 68.6 cm³/mol. The number of hydrogen-bond acceptors (Lipinski definition) is 3. The van der Waals surface area contributed by atoms with Crippen LogP contribution >= 0.6 is 11.8 Å². The van der Waals surface area contributed by atoms with Gasteiger partial charge in [0, 0.05) is 18.5 Å². The van der Waals surface area contributed by atoms with Crippen molar-refractivity contribution in [2.45, 2.75) is 25.5 Å². The molecule has 16 heavy (non-hydrogen) atoms. The summed E-state index contributed by atoms with van der Waals surface area (Å²) in [5.74, 6) is 1.78. The van der Waals surface area contributed by atoms with Crippen molar-refractivity contribution in [2.75, 3.05) is 12.8 Å². The van der Waals surface area contributed by atoms with E-state index in [1.807, 2.05) is 18.2 Å². The maximum absolute atomic E-state index is 11.0. The lowest BCUT2D eigenvalue weighted by molar-refractivity contribution is -0.118. The van der Waals surface area contributed by atoms with Gasteiger partial charge in [-0.25, -0.2) is 0 Å². The van der Waals surface area contributed by atoms with Crippen molar-refractivity contribution in [3.8, 4) is 0 Å². The molecule has 1 aromatic heterocycles. The third-order valence-corrected chi connectivity index (χ3v) is 3.15. The molecule has 3 nitrogen and oxygen atoms in total. The SMILES string of the molecule is CNC(=O)CSCc1cccc(C(C)C)n1. The highest BCUT2D eigenvalue weighted by molar-refractivity contribution is 7.99. The number of carbonyl (C=O) groups excluding carboxylic acids is 1. The molecule has 4 heteroatoms. The number of nitrogens with zero attached hydrogens (tertiary/aromatic N) is 1. The summed E-state index contributed by atoms with van der Waals surface area (Å²) in [6.45, 7) is 4.26. The molecule has 1 aromatic rings. The van der Waals surface area contributed by atoms with Gasteiger partial charge in [-0.2, -0.15) is 0 Å². The molecular weight excluding hydrogens is 220 g/mol. The summed E-state index contributed by atoms with van der Waals surface area (Å²) < 4.78 is 0. The Morgan fingerprint density at radius 1 is 1.50 bits per heavy atom. The summed E-state index contributed by atoms with van der Waals surface area (Å²) in [6, 6.07) is 6.07. The predicted octanol–water partition coefficient (Wildman–Crippen LogP) is 2.18. The number of pyridine rings is 1. The minimum atomic E-state index is 0.0602. The molecule has 0 atom stereocenters. The minimum Gasteiger partial charge on any atom is -0.358 e. The molecule has 1 amide bonds. The number of nitrogens with one attached hydrogen (secondary N) is 1. The summed E-state index contributed by atoms with van der Waals surface area (Å²) in [7, 11) is 1.65. The molecule has 88 valence electrons. The standard InChI is InChI=1S/C12H18N2OS/c1-9(2)11-6-4-5-10(14-11)7-16-8-12(15)13-3/h4-6,9H,7-8H2,1-3H3,(H,13,15). The first-order chi connectivity index (χ1) is 7.63. The first-order valence-electron chi connectivity index (χ1n) is 5.37. The summed E-state index contributed by atoms with van der Waals surface area (Å²) in [4.78, 5) is 15.6. The third kappa shape index (κ3) is 4.23.